The molecule has 0 aromatic carbocycles. The van der Waals surface area contributed by atoms with Crippen LogP contribution in [0.1, 0.15) is 19.3 Å². The van der Waals surface area contributed by atoms with Crippen LogP contribution in [0.3, 0.4) is 0 Å². The maximum atomic E-state index is 4.81. The minimum atomic E-state index is 0.983. The number of piperidine rings is 1. The first-order chi connectivity index (χ1) is 4.43. The van der Waals surface area contributed by atoms with Gasteiger partial charge in [-0.1, -0.05) is 12.3 Å². The minimum absolute atomic E-state index is 0.983. The average Bonchev–Trinajstić information content (AvgIpc) is 1.91. The fraction of sp³-hybridized carbons (Fsp3) is 0.833. The van der Waals surface area contributed by atoms with Gasteiger partial charge in [0.05, 0.1) is 0 Å². The lowest BCUT2D eigenvalue weighted by molar-refractivity contribution is 0.298. The van der Waals surface area contributed by atoms with E-state index < -0.39 is 0 Å². The van der Waals surface area contributed by atoms with Crippen molar-refractivity contribution in [3.05, 3.63) is 5.88 Å². The van der Waals surface area contributed by atoms with Crippen LogP contribution in [-0.2, 0) is 22.5 Å². The van der Waals surface area contributed by atoms with Gasteiger partial charge < -0.3 is 27.4 Å². The van der Waals surface area contributed by atoms with Crippen LogP contribution in [0.4, 0.5) is 0 Å². The third kappa shape index (κ3) is 2.83. The molecule has 9 heavy (non-hydrogen) atoms. The van der Waals surface area contributed by atoms with Crippen molar-refractivity contribution in [2.75, 3.05) is 13.1 Å². The van der Waals surface area contributed by atoms with Crippen molar-refractivity contribution in [2.24, 2.45) is 0 Å². The molecule has 0 atom stereocenters. The highest BCUT2D eigenvalue weighted by Crippen LogP contribution is 2.09. The molecule has 0 radical (unpaired) electrons. The zero-order chi connectivity index (χ0) is 6.53. The minimum Gasteiger partial charge on any atom is -0.512 e. The summed E-state index contributed by atoms with van der Waals surface area (Å²) < 4.78 is 0. The van der Waals surface area contributed by atoms with E-state index in [-0.39, 0.29) is 0 Å². The number of hydrogen-bond acceptors (Lipinski definition) is 2. The van der Waals surface area contributed by atoms with Crippen LogP contribution < -0.4 is 0 Å². The van der Waals surface area contributed by atoms with Crippen LogP contribution >= 0.6 is 0 Å². The van der Waals surface area contributed by atoms with Crippen molar-refractivity contribution in [3.63, 3.8) is 0 Å². The molecule has 1 rings (SSSR count). The van der Waals surface area contributed by atoms with Gasteiger partial charge >= 0.3 is 0 Å². The molecule has 0 saturated carbocycles. The zero-order valence-electron chi connectivity index (χ0n) is 5.42. The Kier molecular flexibility index (Phi) is 3.86. The van der Waals surface area contributed by atoms with Gasteiger partial charge in [0.25, 0.3) is 0 Å². The first-order valence-electron chi connectivity index (χ1n) is 3.33. The molecule has 0 N–H and O–H groups in total. The molecule has 0 bridgehead atoms. The van der Waals surface area contributed by atoms with E-state index in [2.05, 4.69) is 10.8 Å². The second-order valence-corrected chi connectivity index (χ2v) is 3.39. The molecular formula is C6H12NS2-. The number of thiol groups is 1. The topological polar surface area (TPSA) is 3.24 Å². The molecule has 0 aliphatic carbocycles. The Balaban J connectivity index is 2.08. The van der Waals surface area contributed by atoms with Gasteiger partial charge in [0, 0.05) is 0 Å². The van der Waals surface area contributed by atoms with Crippen molar-refractivity contribution < 1.29 is 0 Å². The first-order valence-corrected chi connectivity index (χ1v) is 5.31. The summed E-state index contributed by atoms with van der Waals surface area (Å²) in [6.07, 6.45) is 4.10. The Morgan fingerprint density at radius 3 is 2.44 bits per heavy atom. The smallest absolute Gasteiger partial charge is 0.0267 e. The van der Waals surface area contributed by atoms with E-state index in [1.165, 1.54) is 32.4 Å². The third-order valence-corrected chi connectivity index (χ3v) is 2.30. The van der Waals surface area contributed by atoms with Gasteiger partial charge in [0.2, 0.25) is 0 Å². The molecule has 54 valence electrons. The Morgan fingerprint density at radius 1 is 1.22 bits per heavy atom. The Hall–Kier alpha value is 0.660. The standard InChI is InChI=1S/C6H12NS2/c8-9-6-7-4-2-1-3-5-7/h6,9H,1-5H2/q-1. The molecule has 0 unspecified atom stereocenters. The molecule has 3 heteroatoms. The van der Waals surface area contributed by atoms with Crippen molar-refractivity contribution in [1.29, 1.82) is 0 Å². The second kappa shape index (κ2) is 4.47. The van der Waals surface area contributed by atoms with Crippen LogP contribution in [0.15, 0.2) is 0 Å². The number of hydrogen-bond donors (Lipinski definition) is 0. The van der Waals surface area contributed by atoms with Gasteiger partial charge in [-0.05, 0) is 25.9 Å². The molecule has 0 spiro atoms. The first kappa shape index (κ1) is 7.76. The molecule has 1 nitrogen and oxygen atoms in total. The molecule has 0 aromatic rings. The highest BCUT2D eigenvalue weighted by atomic mass is 33.1. The van der Waals surface area contributed by atoms with Crippen molar-refractivity contribution in [2.45, 2.75) is 19.3 Å². The van der Waals surface area contributed by atoms with Crippen molar-refractivity contribution in [1.82, 2.24) is 4.90 Å². The molecule has 0 amide bonds. The van der Waals surface area contributed by atoms with Crippen LogP contribution in [0.5, 0.6) is 0 Å². The number of rotatable bonds is 2. The van der Waals surface area contributed by atoms with E-state index in [1.807, 2.05) is 0 Å². The number of nitrogens with zero attached hydrogens (tertiary/aromatic N) is 1. The molecular weight excluding hydrogens is 150 g/mol. The largest absolute Gasteiger partial charge is 0.512 e. The highest BCUT2D eigenvalue weighted by molar-refractivity contribution is 8.47. The SMILES string of the molecule is [S-][SH+][CH-]N1CCCCC1. The molecule has 1 fully saturated rings. The van der Waals surface area contributed by atoms with Gasteiger partial charge in [0.15, 0.2) is 0 Å². The lowest BCUT2D eigenvalue weighted by Crippen LogP contribution is -2.27. The zero-order valence-corrected chi connectivity index (χ0v) is 7.13. The maximum absolute atomic E-state index is 4.81. The van der Waals surface area contributed by atoms with Gasteiger partial charge in [-0.15, -0.1) is 0 Å². The van der Waals surface area contributed by atoms with E-state index >= 15 is 0 Å². The van der Waals surface area contributed by atoms with E-state index in [1.54, 1.807) is 0 Å². The Labute approximate surface area is 66.0 Å². The fourth-order valence-corrected chi connectivity index (χ4v) is 1.86. The maximum Gasteiger partial charge on any atom is -0.0267 e. The molecule has 1 aliphatic rings. The summed E-state index contributed by atoms with van der Waals surface area (Å²) in [4.78, 5) is 2.33. The average molecular weight is 162 g/mol. The Morgan fingerprint density at radius 2 is 1.89 bits per heavy atom. The van der Waals surface area contributed by atoms with E-state index in [0.717, 1.165) is 10.8 Å². The van der Waals surface area contributed by atoms with E-state index in [4.69, 9.17) is 11.7 Å². The van der Waals surface area contributed by atoms with Gasteiger partial charge in [0.1, 0.15) is 0 Å². The van der Waals surface area contributed by atoms with Gasteiger partial charge in [-0.25, -0.2) is 0 Å². The number of likely N-dealkylation sites (tertiary alicyclic amines) is 1. The summed E-state index contributed by atoms with van der Waals surface area (Å²) >= 11 is 4.81. The second-order valence-electron chi connectivity index (χ2n) is 2.32. The summed E-state index contributed by atoms with van der Waals surface area (Å²) in [5.41, 5.74) is 0. The van der Waals surface area contributed by atoms with Crippen LogP contribution in [0.25, 0.3) is 0 Å². The van der Waals surface area contributed by atoms with Gasteiger partial charge in [-0.2, -0.15) is 0 Å². The molecule has 1 saturated heterocycles. The Bertz CT molecular complexity index is 68.7. The van der Waals surface area contributed by atoms with Gasteiger partial charge in [-0.3, -0.25) is 0 Å². The van der Waals surface area contributed by atoms with Crippen LogP contribution in [0.2, 0.25) is 0 Å². The van der Waals surface area contributed by atoms with Crippen LogP contribution in [0, 0.1) is 5.88 Å². The van der Waals surface area contributed by atoms with E-state index in [9.17, 15) is 0 Å². The normalized spacial score (nSPS) is 22.3. The summed E-state index contributed by atoms with van der Waals surface area (Å²) in [7, 11) is 0.983. The quantitative estimate of drug-likeness (QED) is 0.195. The van der Waals surface area contributed by atoms with E-state index in [0.29, 0.717) is 0 Å². The van der Waals surface area contributed by atoms with Crippen molar-refractivity contribution in [3.8, 4) is 0 Å². The van der Waals surface area contributed by atoms with Crippen molar-refractivity contribution >= 4 is 22.5 Å². The predicted octanol–water partition coefficient (Wildman–Crippen LogP) is 0.868. The summed E-state index contributed by atoms with van der Waals surface area (Å²) in [5, 5.41) is 0. The summed E-state index contributed by atoms with van der Waals surface area (Å²) in [5.74, 6) is 2.11. The molecule has 0 aromatic heterocycles. The molecule has 1 heterocycles. The predicted molar refractivity (Wildman–Crippen MR) is 45.8 cm³/mol. The molecule has 1 aliphatic heterocycles. The summed E-state index contributed by atoms with van der Waals surface area (Å²) in [6, 6.07) is 0. The third-order valence-electron chi connectivity index (χ3n) is 1.60. The summed E-state index contributed by atoms with van der Waals surface area (Å²) in [6.45, 7) is 2.45. The lowest BCUT2D eigenvalue weighted by atomic mass is 10.1. The highest BCUT2D eigenvalue weighted by Gasteiger charge is 2.02. The fourth-order valence-electron chi connectivity index (χ4n) is 1.10. The van der Waals surface area contributed by atoms with Crippen LogP contribution in [-0.4, -0.2) is 18.0 Å². The lowest BCUT2D eigenvalue weighted by Gasteiger charge is -2.32. The monoisotopic (exact) mass is 162 g/mol.